The molecule has 1 aliphatic heterocycles. The summed E-state index contributed by atoms with van der Waals surface area (Å²) < 4.78 is 27.2. The average Bonchev–Trinajstić information content (AvgIpc) is 3.35. The van der Waals surface area contributed by atoms with Gasteiger partial charge in [0.2, 0.25) is 0 Å². The van der Waals surface area contributed by atoms with Crippen molar-refractivity contribution >= 4 is 40.7 Å². The second kappa shape index (κ2) is 12.8. The summed E-state index contributed by atoms with van der Waals surface area (Å²) in [6, 6.07) is 29.1. The van der Waals surface area contributed by atoms with Crippen molar-refractivity contribution in [3.05, 3.63) is 161 Å². The quantitative estimate of drug-likeness (QED) is 0.190. The molecule has 6 rings (SSSR count). The highest BCUT2D eigenvalue weighted by Crippen LogP contribution is 2.35. The third kappa shape index (κ3) is 6.13. The Kier molecular flexibility index (Phi) is 8.54. The average molecular weight is 625 g/mol. The Bertz CT molecular complexity index is 2020. The predicted molar refractivity (Wildman–Crippen MR) is 170 cm³/mol. The van der Waals surface area contributed by atoms with Crippen molar-refractivity contribution in [2.75, 3.05) is 6.61 Å². The molecule has 0 radical (unpaired) electrons. The molecular weight excluding hydrogens is 599 g/mol. The number of hydrogen-bond acceptors (Lipinski definition) is 6. The van der Waals surface area contributed by atoms with Crippen molar-refractivity contribution in [1.29, 1.82) is 0 Å². The van der Waals surface area contributed by atoms with E-state index < -0.39 is 17.8 Å². The summed E-state index contributed by atoms with van der Waals surface area (Å²) in [5.74, 6) is -0.332. The summed E-state index contributed by atoms with van der Waals surface area (Å²) in [4.78, 5) is 32.7. The van der Waals surface area contributed by atoms with Gasteiger partial charge in [0.15, 0.2) is 4.80 Å². The van der Waals surface area contributed by atoms with E-state index in [4.69, 9.17) is 26.1 Å². The van der Waals surface area contributed by atoms with Gasteiger partial charge in [0.1, 0.15) is 18.2 Å². The van der Waals surface area contributed by atoms with E-state index in [-0.39, 0.29) is 17.7 Å². The molecule has 0 bridgehead atoms. The molecule has 44 heavy (non-hydrogen) atoms. The Labute approximate surface area is 261 Å². The number of hydrogen-bond donors (Lipinski definition) is 0. The van der Waals surface area contributed by atoms with Gasteiger partial charge in [-0.05, 0) is 66.1 Å². The van der Waals surface area contributed by atoms with Crippen molar-refractivity contribution < 1.29 is 18.7 Å². The number of halogens is 2. The molecule has 0 saturated heterocycles. The third-order valence-electron chi connectivity index (χ3n) is 7.06. The summed E-state index contributed by atoms with van der Waals surface area (Å²) in [6.07, 6.45) is 1.78. The fraction of sp³-hybridized carbons (Fsp3) is 0.114. The lowest BCUT2D eigenvalue weighted by Gasteiger charge is -2.25. The predicted octanol–water partition coefficient (Wildman–Crippen LogP) is 6.31. The maximum absolute atomic E-state index is 14.0. The van der Waals surface area contributed by atoms with E-state index in [0.717, 1.165) is 11.1 Å². The number of rotatable bonds is 8. The molecule has 1 aliphatic rings. The second-order valence-corrected chi connectivity index (χ2v) is 11.4. The molecule has 220 valence electrons. The molecule has 4 aromatic carbocycles. The number of carbonyl (C=O) groups excluding carboxylic acids is 1. The number of esters is 1. The summed E-state index contributed by atoms with van der Waals surface area (Å²) in [6.45, 7) is 2.26. The zero-order valence-electron chi connectivity index (χ0n) is 23.6. The number of ether oxygens (including phenoxy) is 2. The van der Waals surface area contributed by atoms with Crippen LogP contribution in [0.5, 0.6) is 5.75 Å². The van der Waals surface area contributed by atoms with Gasteiger partial charge in [-0.2, -0.15) is 0 Å². The highest BCUT2D eigenvalue weighted by Gasteiger charge is 2.35. The van der Waals surface area contributed by atoms with Gasteiger partial charge in [-0.3, -0.25) is 9.36 Å². The van der Waals surface area contributed by atoms with Crippen LogP contribution in [0.1, 0.15) is 35.2 Å². The summed E-state index contributed by atoms with van der Waals surface area (Å²) >= 11 is 7.18. The number of nitrogens with zero attached hydrogens (tertiary/aromatic N) is 2. The van der Waals surface area contributed by atoms with Crippen LogP contribution < -0.4 is 19.6 Å². The lowest BCUT2D eigenvalue weighted by molar-refractivity contribution is -0.138. The van der Waals surface area contributed by atoms with Crippen molar-refractivity contribution in [3.8, 4) is 5.75 Å². The molecule has 1 atom stereocenters. The van der Waals surface area contributed by atoms with Crippen molar-refractivity contribution in [1.82, 2.24) is 4.57 Å². The van der Waals surface area contributed by atoms with Gasteiger partial charge in [0.25, 0.3) is 5.56 Å². The smallest absolute Gasteiger partial charge is 0.338 e. The van der Waals surface area contributed by atoms with E-state index in [1.807, 2.05) is 78.9 Å². The van der Waals surface area contributed by atoms with Gasteiger partial charge in [-0.15, -0.1) is 0 Å². The summed E-state index contributed by atoms with van der Waals surface area (Å²) in [7, 11) is 0. The normalized spacial score (nSPS) is 14.6. The Morgan fingerprint density at radius 3 is 2.36 bits per heavy atom. The largest absolute Gasteiger partial charge is 0.489 e. The topological polar surface area (TPSA) is 69.9 Å². The molecule has 6 nitrogen and oxygen atoms in total. The number of fused-ring (bicyclic) bond motifs is 1. The molecule has 0 amide bonds. The first-order valence-electron chi connectivity index (χ1n) is 13.9. The summed E-state index contributed by atoms with van der Waals surface area (Å²) in [5, 5.41) is 0.667. The van der Waals surface area contributed by atoms with Crippen LogP contribution in [-0.2, 0) is 16.1 Å². The van der Waals surface area contributed by atoms with Gasteiger partial charge in [0, 0.05) is 10.6 Å². The van der Waals surface area contributed by atoms with Crippen LogP contribution >= 0.6 is 22.9 Å². The van der Waals surface area contributed by atoms with Gasteiger partial charge < -0.3 is 9.47 Å². The highest BCUT2D eigenvalue weighted by atomic mass is 35.5. The minimum atomic E-state index is -0.869. The molecule has 0 N–H and O–H groups in total. The van der Waals surface area contributed by atoms with Crippen LogP contribution in [-0.4, -0.2) is 17.1 Å². The Balaban J connectivity index is 1.42. The van der Waals surface area contributed by atoms with Crippen LogP contribution in [0.25, 0.3) is 11.8 Å². The maximum atomic E-state index is 14.0. The monoisotopic (exact) mass is 624 g/mol. The van der Waals surface area contributed by atoms with Crippen molar-refractivity contribution in [3.63, 3.8) is 0 Å². The summed E-state index contributed by atoms with van der Waals surface area (Å²) in [5.41, 5.74) is 3.36. The first-order chi connectivity index (χ1) is 21.4. The fourth-order valence-corrected chi connectivity index (χ4v) is 6.09. The molecule has 0 fully saturated rings. The van der Waals surface area contributed by atoms with Gasteiger partial charge in [0.05, 0.1) is 28.5 Å². The number of benzene rings is 4. The molecule has 0 spiro atoms. The standard InChI is InChI=1S/C35H26ClFN2O4S/c1-2-42-34(41)30-31(24-6-4-3-5-7-24)38-35-39(32(30)25-12-16-27(37)17-13-25)33(40)29(44-35)20-22-10-18-28(19-11-22)43-21-23-8-14-26(36)15-9-23/h3-20,32H,2,21H2,1H3/b29-20-. The number of carbonyl (C=O) groups is 1. The molecule has 9 heteroatoms. The van der Waals surface area contributed by atoms with Crippen LogP contribution in [0, 0.1) is 5.82 Å². The Morgan fingerprint density at radius 1 is 0.977 bits per heavy atom. The first kappa shape index (κ1) is 29.3. The Morgan fingerprint density at radius 2 is 1.68 bits per heavy atom. The minimum absolute atomic E-state index is 0.143. The van der Waals surface area contributed by atoms with Crippen LogP contribution in [0.4, 0.5) is 4.39 Å². The maximum Gasteiger partial charge on any atom is 0.338 e. The zero-order chi connectivity index (χ0) is 30.6. The van der Waals surface area contributed by atoms with Crippen LogP contribution in [0.15, 0.2) is 118 Å². The van der Waals surface area contributed by atoms with E-state index in [9.17, 15) is 14.0 Å². The third-order valence-corrected chi connectivity index (χ3v) is 8.29. The Hall–Kier alpha value is -4.79. The molecule has 1 unspecified atom stereocenters. The molecule has 5 aromatic rings. The number of aromatic nitrogens is 1. The highest BCUT2D eigenvalue weighted by molar-refractivity contribution is 7.07. The molecule has 1 aromatic heterocycles. The van der Waals surface area contributed by atoms with Gasteiger partial charge >= 0.3 is 5.97 Å². The molecule has 0 saturated carbocycles. The lowest BCUT2D eigenvalue weighted by Crippen LogP contribution is -2.40. The lowest BCUT2D eigenvalue weighted by atomic mass is 9.93. The zero-order valence-corrected chi connectivity index (χ0v) is 25.1. The molecule has 2 heterocycles. The van der Waals surface area contributed by atoms with Gasteiger partial charge in [-0.25, -0.2) is 14.2 Å². The molecular formula is C35H26ClFN2O4S. The van der Waals surface area contributed by atoms with E-state index in [0.29, 0.717) is 43.5 Å². The number of thiazole rings is 1. The van der Waals surface area contributed by atoms with Crippen molar-refractivity contribution in [2.45, 2.75) is 19.6 Å². The van der Waals surface area contributed by atoms with Crippen LogP contribution in [0.3, 0.4) is 0 Å². The fourth-order valence-electron chi connectivity index (χ4n) is 4.96. The van der Waals surface area contributed by atoms with Crippen LogP contribution in [0.2, 0.25) is 5.02 Å². The first-order valence-corrected chi connectivity index (χ1v) is 15.1. The molecule has 0 aliphatic carbocycles. The second-order valence-electron chi connectivity index (χ2n) is 9.97. The van der Waals surface area contributed by atoms with E-state index in [1.165, 1.54) is 28.0 Å². The van der Waals surface area contributed by atoms with E-state index >= 15 is 0 Å². The van der Waals surface area contributed by atoms with Crippen molar-refractivity contribution in [2.24, 2.45) is 4.99 Å². The SMILES string of the molecule is CCOC(=O)C1=C(c2ccccc2)N=c2s/c(=C\c3ccc(OCc4ccc(Cl)cc4)cc3)c(=O)n2C1c1ccc(F)cc1. The van der Waals surface area contributed by atoms with E-state index in [2.05, 4.69) is 0 Å². The van der Waals surface area contributed by atoms with Gasteiger partial charge in [-0.1, -0.05) is 89.7 Å². The minimum Gasteiger partial charge on any atom is -0.489 e. The van der Waals surface area contributed by atoms with E-state index in [1.54, 1.807) is 25.1 Å².